The summed E-state index contributed by atoms with van der Waals surface area (Å²) < 4.78 is 10.5. The molecule has 2 aliphatic heterocycles. The smallest absolute Gasteiger partial charge is 0.115 e. The number of aliphatic hydroxyl groups excluding tert-OH is 8. The maximum absolute atomic E-state index is 9.99. The highest BCUT2D eigenvalue weighted by molar-refractivity contribution is 5.02. The summed E-state index contributed by atoms with van der Waals surface area (Å²) in [6, 6.07) is 0. The summed E-state index contributed by atoms with van der Waals surface area (Å²) in [5, 5.41) is 77.1. The van der Waals surface area contributed by atoms with E-state index in [0.29, 0.717) is 0 Å². The molecular formula is C12H22O10. The van der Waals surface area contributed by atoms with Gasteiger partial charge in [-0.2, -0.15) is 0 Å². The average molecular weight is 326 g/mol. The van der Waals surface area contributed by atoms with E-state index in [1.54, 1.807) is 0 Å². The number of ether oxygens (including phenoxy) is 2. The second-order valence-corrected chi connectivity index (χ2v) is 5.59. The molecule has 0 aromatic rings. The molecule has 0 saturated carbocycles. The standard InChI is InChI=1S/C12H22O10/c13-1-3-5(15)7(17)9(19)11(21-3)12-10(20)8(18)6(16)4(2-14)22-12/h3-20H,1-2H2/t3-,4-,5+,6+,7+,8+,9-,10-,11+,12?/m1/s1. The molecule has 2 aliphatic rings. The largest absolute Gasteiger partial charge is 0.394 e. The number of aliphatic hydroxyl groups is 8. The molecule has 0 aliphatic carbocycles. The van der Waals surface area contributed by atoms with Gasteiger partial charge >= 0.3 is 0 Å². The first-order valence-electron chi connectivity index (χ1n) is 6.94. The summed E-state index contributed by atoms with van der Waals surface area (Å²) >= 11 is 0. The first-order valence-corrected chi connectivity index (χ1v) is 6.94. The van der Waals surface area contributed by atoms with Gasteiger partial charge in [-0.05, 0) is 0 Å². The SMILES string of the molecule is OC[C@H]1O[C@H](C2O[C@H](CO)[C@H](O)[C@H](O)[C@H]2O)[C@H](O)[C@@H](O)[C@H]1O. The van der Waals surface area contributed by atoms with E-state index in [1.165, 1.54) is 0 Å². The van der Waals surface area contributed by atoms with E-state index in [2.05, 4.69) is 0 Å². The molecule has 10 nitrogen and oxygen atoms in total. The fourth-order valence-electron chi connectivity index (χ4n) is 2.80. The lowest BCUT2D eigenvalue weighted by Gasteiger charge is -2.48. The third-order valence-corrected chi connectivity index (χ3v) is 4.18. The van der Waals surface area contributed by atoms with Gasteiger partial charge in [-0.3, -0.25) is 0 Å². The van der Waals surface area contributed by atoms with Crippen LogP contribution < -0.4 is 0 Å². The molecule has 0 spiro atoms. The zero-order chi connectivity index (χ0) is 16.6. The maximum atomic E-state index is 9.99. The Morgan fingerprint density at radius 1 is 0.500 bits per heavy atom. The molecule has 22 heavy (non-hydrogen) atoms. The van der Waals surface area contributed by atoms with Gasteiger partial charge in [0.25, 0.3) is 0 Å². The van der Waals surface area contributed by atoms with Crippen LogP contribution in [0.5, 0.6) is 0 Å². The van der Waals surface area contributed by atoms with Gasteiger partial charge in [0.15, 0.2) is 0 Å². The molecule has 0 aromatic carbocycles. The Labute approximate surface area is 125 Å². The molecule has 0 radical (unpaired) electrons. The quantitative estimate of drug-likeness (QED) is 0.249. The molecule has 2 fully saturated rings. The van der Waals surface area contributed by atoms with E-state index in [9.17, 15) is 30.6 Å². The van der Waals surface area contributed by atoms with Crippen LogP contribution in [0.25, 0.3) is 0 Å². The van der Waals surface area contributed by atoms with Gasteiger partial charge in [-0.15, -0.1) is 0 Å². The van der Waals surface area contributed by atoms with Crippen molar-refractivity contribution in [2.75, 3.05) is 13.2 Å². The molecule has 10 heteroatoms. The zero-order valence-corrected chi connectivity index (χ0v) is 11.6. The summed E-state index contributed by atoms with van der Waals surface area (Å²) in [7, 11) is 0. The molecule has 130 valence electrons. The Morgan fingerprint density at radius 3 is 1.09 bits per heavy atom. The fourth-order valence-corrected chi connectivity index (χ4v) is 2.80. The Hall–Kier alpha value is -0.400. The van der Waals surface area contributed by atoms with Crippen LogP contribution in [0.3, 0.4) is 0 Å². The predicted octanol–water partition coefficient (Wildman–Crippen LogP) is -5.33. The van der Waals surface area contributed by atoms with Crippen molar-refractivity contribution < 1.29 is 50.3 Å². The number of hydrogen-bond donors (Lipinski definition) is 8. The van der Waals surface area contributed by atoms with Crippen LogP contribution >= 0.6 is 0 Å². The Morgan fingerprint density at radius 2 is 0.818 bits per heavy atom. The second-order valence-electron chi connectivity index (χ2n) is 5.59. The minimum Gasteiger partial charge on any atom is -0.394 e. The molecule has 2 heterocycles. The van der Waals surface area contributed by atoms with Gasteiger partial charge in [0.05, 0.1) is 13.2 Å². The van der Waals surface area contributed by atoms with Crippen molar-refractivity contribution in [2.24, 2.45) is 0 Å². The van der Waals surface area contributed by atoms with Gasteiger partial charge in [0.1, 0.15) is 61.0 Å². The van der Waals surface area contributed by atoms with Crippen LogP contribution in [0.4, 0.5) is 0 Å². The summed E-state index contributed by atoms with van der Waals surface area (Å²) in [5.74, 6) is 0. The van der Waals surface area contributed by atoms with Crippen LogP contribution in [0.15, 0.2) is 0 Å². The van der Waals surface area contributed by atoms with Crippen LogP contribution in [-0.4, -0.2) is 115 Å². The van der Waals surface area contributed by atoms with E-state index in [-0.39, 0.29) is 0 Å². The lowest BCUT2D eigenvalue weighted by atomic mass is 9.86. The van der Waals surface area contributed by atoms with Crippen LogP contribution in [0.1, 0.15) is 0 Å². The first-order chi connectivity index (χ1) is 10.3. The van der Waals surface area contributed by atoms with Crippen LogP contribution in [0.2, 0.25) is 0 Å². The highest BCUT2D eigenvalue weighted by atomic mass is 16.6. The molecule has 10 atom stereocenters. The topological polar surface area (TPSA) is 180 Å². The van der Waals surface area contributed by atoms with Crippen molar-refractivity contribution >= 4 is 0 Å². The van der Waals surface area contributed by atoms with Crippen molar-refractivity contribution in [1.82, 2.24) is 0 Å². The van der Waals surface area contributed by atoms with E-state index in [0.717, 1.165) is 0 Å². The molecule has 0 bridgehead atoms. The van der Waals surface area contributed by atoms with Crippen molar-refractivity contribution in [2.45, 2.75) is 61.0 Å². The lowest BCUT2D eigenvalue weighted by molar-refractivity contribution is -0.302. The van der Waals surface area contributed by atoms with E-state index in [4.69, 9.17) is 19.7 Å². The van der Waals surface area contributed by atoms with Gasteiger partial charge in [0.2, 0.25) is 0 Å². The van der Waals surface area contributed by atoms with Gasteiger partial charge < -0.3 is 50.3 Å². The monoisotopic (exact) mass is 326 g/mol. The Bertz CT molecular complexity index is 330. The lowest BCUT2D eigenvalue weighted by Crippen LogP contribution is -2.68. The third kappa shape index (κ3) is 2.99. The molecule has 1 unspecified atom stereocenters. The molecule has 2 rings (SSSR count). The zero-order valence-electron chi connectivity index (χ0n) is 11.6. The fraction of sp³-hybridized carbons (Fsp3) is 1.00. The van der Waals surface area contributed by atoms with E-state index in [1.807, 2.05) is 0 Å². The Balaban J connectivity index is 2.21. The number of rotatable bonds is 3. The Kier molecular flexibility index (Phi) is 5.72. The van der Waals surface area contributed by atoms with Crippen molar-refractivity contribution in [3.05, 3.63) is 0 Å². The van der Waals surface area contributed by atoms with Crippen LogP contribution in [0, 0.1) is 0 Å². The minimum atomic E-state index is -1.67. The van der Waals surface area contributed by atoms with Crippen LogP contribution in [-0.2, 0) is 9.47 Å². The summed E-state index contributed by atoms with van der Waals surface area (Å²) in [6.45, 7) is -1.31. The van der Waals surface area contributed by atoms with Gasteiger partial charge in [-0.1, -0.05) is 0 Å². The number of hydrogen-bond acceptors (Lipinski definition) is 10. The second kappa shape index (κ2) is 7.01. The molecule has 2 saturated heterocycles. The normalized spacial score (nSPS) is 53.5. The molecule has 0 amide bonds. The molecule has 8 N–H and O–H groups in total. The van der Waals surface area contributed by atoms with Gasteiger partial charge in [-0.25, -0.2) is 0 Å². The third-order valence-electron chi connectivity index (χ3n) is 4.18. The van der Waals surface area contributed by atoms with Crippen molar-refractivity contribution in [1.29, 1.82) is 0 Å². The maximum Gasteiger partial charge on any atom is 0.115 e. The van der Waals surface area contributed by atoms with Crippen molar-refractivity contribution in [3.63, 3.8) is 0 Å². The van der Waals surface area contributed by atoms with Gasteiger partial charge in [0, 0.05) is 0 Å². The highest BCUT2D eigenvalue weighted by Gasteiger charge is 2.53. The van der Waals surface area contributed by atoms with E-state index < -0.39 is 74.3 Å². The first kappa shape index (κ1) is 17.9. The molecular weight excluding hydrogens is 304 g/mol. The summed E-state index contributed by atoms with van der Waals surface area (Å²) in [5.41, 5.74) is 0. The van der Waals surface area contributed by atoms with E-state index >= 15 is 0 Å². The molecule has 0 aromatic heterocycles. The average Bonchev–Trinajstić information content (AvgIpc) is 2.52. The summed E-state index contributed by atoms with van der Waals surface area (Å²) in [6.07, 6.45) is -15.0. The minimum absolute atomic E-state index is 0.654. The predicted molar refractivity (Wildman–Crippen MR) is 67.5 cm³/mol. The summed E-state index contributed by atoms with van der Waals surface area (Å²) in [4.78, 5) is 0. The van der Waals surface area contributed by atoms with Crippen molar-refractivity contribution in [3.8, 4) is 0 Å². The highest BCUT2D eigenvalue weighted by Crippen LogP contribution is 2.31.